The first-order chi connectivity index (χ1) is 12.2. The molecule has 0 saturated heterocycles. The Bertz CT molecular complexity index is 651. The molecule has 144 valence electrons. The van der Waals surface area contributed by atoms with Crippen LogP contribution in [0.15, 0.2) is 11.6 Å². The van der Waals surface area contributed by atoms with Crippen molar-refractivity contribution in [3.8, 4) is 0 Å². The summed E-state index contributed by atoms with van der Waals surface area (Å²) in [5.74, 6) is 0.387. The molecule has 0 aromatic heterocycles. The van der Waals surface area contributed by atoms with Gasteiger partial charge < -0.3 is 9.47 Å². The van der Waals surface area contributed by atoms with Crippen molar-refractivity contribution in [3.05, 3.63) is 11.6 Å². The molecule has 3 rings (SSSR count). The number of carbonyl (C=O) groups is 3. The highest BCUT2D eigenvalue weighted by molar-refractivity contribution is 5.90. The normalized spacial score (nSPS) is 39.8. The Morgan fingerprint density at radius 2 is 2.08 bits per heavy atom. The van der Waals surface area contributed by atoms with E-state index >= 15 is 0 Å². The molecule has 0 amide bonds. The lowest BCUT2D eigenvalue weighted by atomic mass is 9.46. The van der Waals surface area contributed by atoms with E-state index in [2.05, 4.69) is 20.8 Å². The summed E-state index contributed by atoms with van der Waals surface area (Å²) in [6.07, 6.45) is 6.00. The maximum Gasteiger partial charge on any atom is 0.334 e. The second-order valence-corrected chi connectivity index (χ2v) is 8.94. The van der Waals surface area contributed by atoms with Crippen molar-refractivity contribution < 1.29 is 23.9 Å². The van der Waals surface area contributed by atoms with Crippen molar-refractivity contribution in [1.29, 1.82) is 0 Å². The Morgan fingerprint density at radius 1 is 1.35 bits per heavy atom. The summed E-state index contributed by atoms with van der Waals surface area (Å²) >= 11 is 0. The van der Waals surface area contributed by atoms with E-state index in [4.69, 9.17) is 9.47 Å². The minimum atomic E-state index is -0.268. The van der Waals surface area contributed by atoms with Gasteiger partial charge in [0.05, 0.1) is 0 Å². The van der Waals surface area contributed by atoms with E-state index in [9.17, 15) is 14.4 Å². The van der Waals surface area contributed by atoms with Crippen molar-refractivity contribution in [2.75, 3.05) is 6.61 Å². The fourth-order valence-electron chi connectivity index (χ4n) is 5.80. The number of ketones is 1. The molecule has 0 N–H and O–H groups in total. The number of hydrogen-bond donors (Lipinski definition) is 0. The van der Waals surface area contributed by atoms with Gasteiger partial charge in [0.15, 0.2) is 0 Å². The van der Waals surface area contributed by atoms with Gasteiger partial charge in [0.25, 0.3) is 0 Å². The third kappa shape index (κ3) is 3.33. The number of carbonyl (C=O) groups excluding carboxylic acids is 3. The van der Waals surface area contributed by atoms with Crippen LogP contribution in [-0.4, -0.2) is 30.4 Å². The van der Waals surface area contributed by atoms with Crippen molar-refractivity contribution in [1.82, 2.24) is 0 Å². The molecule has 1 aliphatic heterocycles. The molecule has 0 aromatic carbocycles. The van der Waals surface area contributed by atoms with Crippen LogP contribution in [0.2, 0.25) is 0 Å². The Hall–Kier alpha value is -1.65. The minimum Gasteiger partial charge on any atom is -0.462 e. The van der Waals surface area contributed by atoms with Crippen molar-refractivity contribution in [3.63, 3.8) is 0 Å². The van der Waals surface area contributed by atoms with Gasteiger partial charge in [-0.15, -0.1) is 0 Å². The van der Waals surface area contributed by atoms with Gasteiger partial charge in [-0.05, 0) is 54.4 Å². The van der Waals surface area contributed by atoms with Crippen LogP contribution in [0.25, 0.3) is 0 Å². The molecule has 1 heterocycles. The zero-order valence-corrected chi connectivity index (χ0v) is 16.3. The van der Waals surface area contributed by atoms with Gasteiger partial charge >= 0.3 is 11.9 Å². The first kappa shape index (κ1) is 19.1. The van der Waals surface area contributed by atoms with E-state index in [0.717, 1.165) is 24.8 Å². The molecule has 2 aliphatic carbocycles. The Labute approximate surface area is 155 Å². The Balaban J connectivity index is 1.88. The number of fused-ring (bicyclic) bond motifs is 1. The average molecular weight is 362 g/mol. The van der Waals surface area contributed by atoms with Crippen LogP contribution in [0.5, 0.6) is 0 Å². The second-order valence-electron chi connectivity index (χ2n) is 8.94. The van der Waals surface area contributed by atoms with Crippen LogP contribution in [-0.2, 0) is 23.9 Å². The summed E-state index contributed by atoms with van der Waals surface area (Å²) in [5.41, 5.74) is 0.500. The SMILES string of the molecule is CC(=O)O[C@H]1C[C@]2(C)CC(=O)CC[C@H]2[C@](C)(CCC2=CCOC2=O)[C@H]1C. The molecule has 2 fully saturated rings. The van der Waals surface area contributed by atoms with E-state index in [1.807, 2.05) is 6.08 Å². The molecule has 0 unspecified atom stereocenters. The zero-order chi connectivity index (χ0) is 19.1. The van der Waals surface area contributed by atoms with Gasteiger partial charge in [0.2, 0.25) is 0 Å². The molecular formula is C21H30O5. The maximum atomic E-state index is 12.2. The minimum absolute atomic E-state index is 0.0997. The molecule has 5 atom stereocenters. The molecule has 0 radical (unpaired) electrons. The predicted molar refractivity (Wildman–Crippen MR) is 96.2 cm³/mol. The van der Waals surface area contributed by atoms with Gasteiger partial charge in [0, 0.05) is 25.3 Å². The quantitative estimate of drug-likeness (QED) is 0.715. The molecule has 5 heteroatoms. The largest absolute Gasteiger partial charge is 0.462 e. The molecule has 2 saturated carbocycles. The lowest BCUT2D eigenvalue weighted by Gasteiger charge is -2.59. The number of hydrogen-bond acceptors (Lipinski definition) is 5. The summed E-state index contributed by atoms with van der Waals surface area (Å²) < 4.78 is 10.7. The fraction of sp³-hybridized carbons (Fsp3) is 0.762. The van der Waals surface area contributed by atoms with Gasteiger partial charge in [-0.25, -0.2) is 4.79 Å². The van der Waals surface area contributed by atoms with Gasteiger partial charge in [-0.2, -0.15) is 0 Å². The number of esters is 2. The highest BCUT2D eigenvalue weighted by Gasteiger charge is 2.58. The summed E-state index contributed by atoms with van der Waals surface area (Å²) in [6, 6.07) is 0. The first-order valence-corrected chi connectivity index (χ1v) is 9.71. The third-order valence-electron chi connectivity index (χ3n) is 7.27. The van der Waals surface area contributed by atoms with Gasteiger partial charge in [-0.3, -0.25) is 9.59 Å². The summed E-state index contributed by atoms with van der Waals surface area (Å²) in [7, 11) is 0. The number of ether oxygens (including phenoxy) is 2. The van der Waals surface area contributed by atoms with Crippen LogP contribution in [0.4, 0.5) is 0 Å². The molecule has 0 spiro atoms. The van der Waals surface area contributed by atoms with Crippen LogP contribution >= 0.6 is 0 Å². The van der Waals surface area contributed by atoms with Crippen molar-refractivity contribution >= 4 is 17.7 Å². The smallest absolute Gasteiger partial charge is 0.334 e. The molecule has 0 aromatic rings. The van der Waals surface area contributed by atoms with E-state index in [1.54, 1.807) is 0 Å². The molecular weight excluding hydrogens is 332 g/mol. The number of rotatable bonds is 4. The lowest BCUT2D eigenvalue weighted by molar-refractivity contribution is -0.178. The van der Waals surface area contributed by atoms with Crippen LogP contribution in [0.3, 0.4) is 0 Å². The summed E-state index contributed by atoms with van der Waals surface area (Å²) in [6.45, 7) is 8.41. The Morgan fingerprint density at radius 3 is 2.69 bits per heavy atom. The molecule has 3 aliphatic rings. The summed E-state index contributed by atoms with van der Waals surface area (Å²) in [5, 5.41) is 0. The van der Waals surface area contributed by atoms with Crippen LogP contribution in [0.1, 0.15) is 66.2 Å². The van der Waals surface area contributed by atoms with Crippen LogP contribution < -0.4 is 0 Å². The third-order valence-corrected chi connectivity index (χ3v) is 7.27. The highest BCUT2D eigenvalue weighted by Crippen LogP contribution is 2.61. The van der Waals surface area contributed by atoms with Gasteiger partial charge in [-0.1, -0.05) is 20.8 Å². The standard InChI is InChI=1S/C21H30O5/c1-13-17(26-14(2)22)12-20(3)11-16(23)5-6-18(20)21(13,4)9-7-15-8-10-25-19(15)24/h8,13,17-18H,5-7,9-12H2,1-4H3/t13-,17-,18+,20-,21+/m0/s1. The number of Topliss-reactive ketones (excluding diaryl/α,β-unsaturated/α-hetero) is 1. The molecule has 0 bridgehead atoms. The van der Waals surface area contributed by atoms with E-state index in [1.165, 1.54) is 6.92 Å². The number of cyclic esters (lactones) is 1. The fourth-order valence-corrected chi connectivity index (χ4v) is 5.80. The van der Waals surface area contributed by atoms with Crippen molar-refractivity contribution in [2.24, 2.45) is 22.7 Å². The van der Waals surface area contributed by atoms with Crippen LogP contribution in [0, 0.1) is 22.7 Å². The van der Waals surface area contributed by atoms with Gasteiger partial charge in [0.1, 0.15) is 18.5 Å². The molecule has 26 heavy (non-hydrogen) atoms. The first-order valence-electron chi connectivity index (χ1n) is 9.71. The van der Waals surface area contributed by atoms with E-state index in [0.29, 0.717) is 37.6 Å². The summed E-state index contributed by atoms with van der Waals surface area (Å²) in [4.78, 5) is 35.7. The zero-order valence-electron chi connectivity index (χ0n) is 16.3. The van der Waals surface area contributed by atoms with Crippen molar-refractivity contribution in [2.45, 2.75) is 72.3 Å². The highest BCUT2D eigenvalue weighted by atomic mass is 16.5. The molecule has 5 nitrogen and oxygen atoms in total. The predicted octanol–water partition coefficient (Wildman–Crippen LogP) is 3.60. The van der Waals surface area contributed by atoms with E-state index in [-0.39, 0.29) is 34.8 Å². The van der Waals surface area contributed by atoms with E-state index < -0.39 is 0 Å². The average Bonchev–Trinajstić information content (AvgIpc) is 2.94. The second kappa shape index (κ2) is 6.82. The maximum absolute atomic E-state index is 12.2. The monoisotopic (exact) mass is 362 g/mol. The lowest BCUT2D eigenvalue weighted by Crippen LogP contribution is -2.56. The Kier molecular flexibility index (Phi) is 5.02. The topological polar surface area (TPSA) is 69.7 Å².